The van der Waals surface area contributed by atoms with Gasteiger partial charge in [-0.2, -0.15) is 0 Å². The molecule has 1 amide bonds. The van der Waals surface area contributed by atoms with Crippen molar-refractivity contribution in [2.45, 2.75) is 17.4 Å². The minimum atomic E-state index is 0.00946. The summed E-state index contributed by atoms with van der Waals surface area (Å²) < 4.78 is 1.08. The molecule has 1 atom stereocenters. The Labute approximate surface area is 136 Å². The summed E-state index contributed by atoms with van der Waals surface area (Å²) in [5, 5.41) is 3.16. The number of hydrogen-bond acceptors (Lipinski definition) is 2. The minimum absolute atomic E-state index is 0.00946. The molecule has 0 saturated carbocycles. The quantitative estimate of drug-likeness (QED) is 0.771. The maximum absolute atomic E-state index is 12.4. The first-order valence-corrected chi connectivity index (χ1v) is 8.58. The number of halogens is 1. The molecule has 2 nitrogen and oxygen atoms in total. The van der Waals surface area contributed by atoms with Gasteiger partial charge in [0.1, 0.15) is 0 Å². The first kappa shape index (κ1) is 13.9. The van der Waals surface area contributed by atoms with Crippen LogP contribution in [0.2, 0.25) is 0 Å². The molecule has 0 unspecified atom stereocenters. The van der Waals surface area contributed by atoms with Crippen LogP contribution in [-0.2, 0) is 0 Å². The van der Waals surface area contributed by atoms with Gasteiger partial charge in [-0.1, -0.05) is 24.3 Å². The Morgan fingerprint density at radius 1 is 1.20 bits per heavy atom. The molecule has 0 bridgehead atoms. The second kappa shape index (κ2) is 6.18. The molecule has 2 aromatic carbocycles. The Bertz CT molecular complexity index is 644. The van der Waals surface area contributed by atoms with Gasteiger partial charge in [0, 0.05) is 19.8 Å². The highest BCUT2D eigenvalue weighted by atomic mass is 127. The minimum Gasteiger partial charge on any atom is -0.345 e. The van der Waals surface area contributed by atoms with E-state index < -0.39 is 0 Å². The molecule has 0 saturated heterocycles. The number of carbonyl (C=O) groups excluding carboxylic acids is 1. The summed E-state index contributed by atoms with van der Waals surface area (Å²) in [5.41, 5.74) is 1.97. The SMILES string of the molecule is O=C(N[C@@H]1CCSc2ccccc21)c1cccc(I)c1. The Kier molecular flexibility index (Phi) is 4.31. The Balaban J connectivity index is 1.81. The smallest absolute Gasteiger partial charge is 0.251 e. The topological polar surface area (TPSA) is 29.1 Å². The summed E-state index contributed by atoms with van der Waals surface area (Å²) in [7, 11) is 0. The summed E-state index contributed by atoms with van der Waals surface area (Å²) in [6.45, 7) is 0. The lowest BCUT2D eigenvalue weighted by molar-refractivity contribution is 0.0935. The fourth-order valence-corrected chi connectivity index (χ4v) is 4.03. The predicted molar refractivity (Wildman–Crippen MR) is 91.1 cm³/mol. The summed E-state index contributed by atoms with van der Waals surface area (Å²) in [6.07, 6.45) is 0.983. The number of rotatable bonds is 2. The molecular weight excluding hydrogens is 381 g/mol. The van der Waals surface area contributed by atoms with E-state index >= 15 is 0 Å². The number of amides is 1. The van der Waals surface area contributed by atoms with Gasteiger partial charge in [0.2, 0.25) is 0 Å². The number of fused-ring (bicyclic) bond motifs is 1. The van der Waals surface area contributed by atoms with E-state index in [1.54, 1.807) is 0 Å². The predicted octanol–water partition coefficient (Wildman–Crippen LogP) is 4.26. The van der Waals surface area contributed by atoms with E-state index in [1.165, 1.54) is 10.5 Å². The Morgan fingerprint density at radius 2 is 2.05 bits per heavy atom. The van der Waals surface area contributed by atoms with Crippen LogP contribution in [0.15, 0.2) is 53.4 Å². The van der Waals surface area contributed by atoms with E-state index in [-0.39, 0.29) is 11.9 Å². The van der Waals surface area contributed by atoms with Crippen LogP contribution in [-0.4, -0.2) is 11.7 Å². The lowest BCUT2D eigenvalue weighted by Gasteiger charge is -2.25. The molecular formula is C16H14INOS. The zero-order valence-corrected chi connectivity index (χ0v) is 13.8. The molecule has 0 spiro atoms. The van der Waals surface area contributed by atoms with Crippen molar-refractivity contribution in [1.82, 2.24) is 5.32 Å². The average molecular weight is 395 g/mol. The van der Waals surface area contributed by atoms with Crippen molar-refractivity contribution in [3.8, 4) is 0 Å². The average Bonchev–Trinajstić information content (AvgIpc) is 2.47. The number of thioether (sulfide) groups is 1. The fraction of sp³-hybridized carbons (Fsp3) is 0.188. The second-order valence-corrected chi connectivity index (χ2v) is 7.09. The molecule has 1 heterocycles. The zero-order valence-electron chi connectivity index (χ0n) is 10.8. The van der Waals surface area contributed by atoms with Gasteiger partial charge in [0.25, 0.3) is 5.91 Å². The fourth-order valence-electron chi connectivity index (χ4n) is 2.36. The number of carbonyl (C=O) groups is 1. The molecule has 3 rings (SSSR count). The lowest BCUT2D eigenvalue weighted by Crippen LogP contribution is -2.30. The third-order valence-electron chi connectivity index (χ3n) is 3.35. The van der Waals surface area contributed by atoms with Gasteiger partial charge in [-0.05, 0) is 58.8 Å². The van der Waals surface area contributed by atoms with Gasteiger partial charge in [-0.25, -0.2) is 0 Å². The van der Waals surface area contributed by atoms with Crippen LogP contribution in [0.3, 0.4) is 0 Å². The molecule has 20 heavy (non-hydrogen) atoms. The summed E-state index contributed by atoms with van der Waals surface area (Å²) in [4.78, 5) is 13.6. The monoisotopic (exact) mass is 395 g/mol. The van der Waals surface area contributed by atoms with E-state index in [2.05, 4.69) is 46.1 Å². The van der Waals surface area contributed by atoms with Crippen LogP contribution in [0.4, 0.5) is 0 Å². The van der Waals surface area contributed by atoms with Gasteiger partial charge in [0.05, 0.1) is 6.04 Å². The van der Waals surface area contributed by atoms with Crippen molar-refractivity contribution in [2.75, 3.05) is 5.75 Å². The van der Waals surface area contributed by atoms with E-state index in [9.17, 15) is 4.79 Å². The molecule has 4 heteroatoms. The normalized spacial score (nSPS) is 17.4. The lowest BCUT2D eigenvalue weighted by atomic mass is 10.0. The standard InChI is InChI=1S/C16H14INOS/c17-12-5-3-4-11(10-12)16(19)18-14-8-9-20-15-7-2-1-6-13(14)15/h1-7,10,14H,8-9H2,(H,18,19)/t14-/m1/s1. The third kappa shape index (κ3) is 3.01. The van der Waals surface area contributed by atoms with Crippen LogP contribution in [0, 0.1) is 3.57 Å². The summed E-state index contributed by atoms with van der Waals surface area (Å²) in [6, 6.07) is 16.1. The molecule has 0 aromatic heterocycles. The number of nitrogens with one attached hydrogen (secondary N) is 1. The first-order chi connectivity index (χ1) is 9.74. The first-order valence-electron chi connectivity index (χ1n) is 6.52. The summed E-state index contributed by atoms with van der Waals surface area (Å²) in [5.74, 6) is 1.06. The van der Waals surface area contributed by atoms with Crippen LogP contribution < -0.4 is 5.32 Å². The van der Waals surface area contributed by atoms with Crippen molar-refractivity contribution in [3.05, 3.63) is 63.2 Å². The van der Waals surface area contributed by atoms with Crippen LogP contribution in [0.1, 0.15) is 28.4 Å². The van der Waals surface area contributed by atoms with E-state index in [1.807, 2.05) is 42.1 Å². The zero-order chi connectivity index (χ0) is 13.9. The molecule has 1 aliphatic heterocycles. The van der Waals surface area contributed by atoms with Crippen LogP contribution in [0.25, 0.3) is 0 Å². The number of hydrogen-bond donors (Lipinski definition) is 1. The van der Waals surface area contributed by atoms with E-state index in [4.69, 9.17) is 0 Å². The van der Waals surface area contributed by atoms with Crippen molar-refractivity contribution >= 4 is 40.3 Å². The van der Waals surface area contributed by atoms with Crippen molar-refractivity contribution < 1.29 is 4.79 Å². The molecule has 0 radical (unpaired) electrons. The maximum atomic E-state index is 12.4. The van der Waals surface area contributed by atoms with Crippen LogP contribution >= 0.6 is 34.4 Å². The van der Waals surface area contributed by atoms with Gasteiger partial charge in [-0.15, -0.1) is 11.8 Å². The van der Waals surface area contributed by atoms with Crippen molar-refractivity contribution in [1.29, 1.82) is 0 Å². The van der Waals surface area contributed by atoms with Gasteiger partial charge in [0.15, 0.2) is 0 Å². The molecule has 1 N–H and O–H groups in total. The van der Waals surface area contributed by atoms with E-state index in [0.717, 1.165) is 21.3 Å². The molecule has 1 aliphatic rings. The van der Waals surface area contributed by atoms with Gasteiger partial charge >= 0.3 is 0 Å². The molecule has 0 aliphatic carbocycles. The highest BCUT2D eigenvalue weighted by molar-refractivity contribution is 14.1. The van der Waals surface area contributed by atoms with Crippen molar-refractivity contribution in [2.24, 2.45) is 0 Å². The highest BCUT2D eigenvalue weighted by Gasteiger charge is 2.22. The van der Waals surface area contributed by atoms with Gasteiger partial charge in [-0.3, -0.25) is 4.79 Å². The highest BCUT2D eigenvalue weighted by Crippen LogP contribution is 2.35. The van der Waals surface area contributed by atoms with Crippen molar-refractivity contribution in [3.63, 3.8) is 0 Å². The van der Waals surface area contributed by atoms with E-state index in [0.29, 0.717) is 0 Å². The summed E-state index contributed by atoms with van der Waals surface area (Å²) >= 11 is 4.09. The Morgan fingerprint density at radius 3 is 2.90 bits per heavy atom. The molecule has 2 aromatic rings. The Hall–Kier alpha value is -1.01. The van der Waals surface area contributed by atoms with Crippen LogP contribution in [0.5, 0.6) is 0 Å². The molecule has 102 valence electrons. The maximum Gasteiger partial charge on any atom is 0.251 e. The third-order valence-corrected chi connectivity index (χ3v) is 5.14. The second-order valence-electron chi connectivity index (χ2n) is 4.71. The molecule has 0 fully saturated rings. The number of benzene rings is 2. The van der Waals surface area contributed by atoms with Gasteiger partial charge < -0.3 is 5.32 Å². The largest absolute Gasteiger partial charge is 0.345 e.